The summed E-state index contributed by atoms with van der Waals surface area (Å²) in [5, 5.41) is 15.4. The van der Waals surface area contributed by atoms with Crippen LogP contribution < -0.4 is 0 Å². The molecule has 1 N–H and O–H groups in total. The van der Waals surface area contributed by atoms with Gasteiger partial charge in [-0.2, -0.15) is 0 Å². The van der Waals surface area contributed by atoms with E-state index in [9.17, 15) is 0 Å². The van der Waals surface area contributed by atoms with Crippen LogP contribution in [0.4, 0.5) is 0 Å². The van der Waals surface area contributed by atoms with Gasteiger partial charge in [-0.05, 0) is 0 Å². The lowest BCUT2D eigenvalue weighted by molar-refractivity contribution is 0.485. The fourth-order valence-corrected chi connectivity index (χ4v) is 2.19. The highest BCUT2D eigenvalue weighted by molar-refractivity contribution is 7.98. The summed E-state index contributed by atoms with van der Waals surface area (Å²) in [5.74, 6) is 2.46. The highest BCUT2D eigenvalue weighted by Gasteiger charge is 2.08. The van der Waals surface area contributed by atoms with E-state index in [4.69, 9.17) is 4.42 Å². The zero-order valence-corrected chi connectivity index (χ0v) is 11.0. The molecule has 2 aromatic heterocycles. The van der Waals surface area contributed by atoms with E-state index in [1.165, 1.54) is 11.8 Å². The third kappa shape index (κ3) is 2.82. The smallest absolute Gasteiger partial charge is 0.226 e. The van der Waals surface area contributed by atoms with Crippen LogP contribution in [0, 0.1) is 6.92 Å². The summed E-state index contributed by atoms with van der Waals surface area (Å²) in [5.41, 5.74) is 1.01. The minimum atomic E-state index is 0.562. The van der Waals surface area contributed by atoms with Gasteiger partial charge in [0.15, 0.2) is 5.82 Å². The summed E-state index contributed by atoms with van der Waals surface area (Å²) in [6, 6.07) is 9.86. The summed E-state index contributed by atoms with van der Waals surface area (Å²) in [6.07, 6.45) is 0. The van der Waals surface area contributed by atoms with Crippen LogP contribution in [0.5, 0.6) is 0 Å². The van der Waals surface area contributed by atoms with Gasteiger partial charge in [-0.1, -0.05) is 42.1 Å². The predicted molar refractivity (Wildman–Crippen MR) is 70.4 cm³/mol. The van der Waals surface area contributed by atoms with Crippen LogP contribution in [0.25, 0.3) is 11.4 Å². The Labute approximate surface area is 113 Å². The summed E-state index contributed by atoms with van der Waals surface area (Å²) in [6.45, 7) is 1.77. The molecule has 0 amide bonds. The topological polar surface area (TPSA) is 80.5 Å². The lowest BCUT2D eigenvalue weighted by Gasteiger charge is -1.93. The molecule has 0 fully saturated rings. The SMILES string of the molecule is Cc1nnc(CSc2n[nH]c(-c3ccccc3)n2)o1. The number of nitrogens with one attached hydrogen (secondary N) is 1. The molecule has 0 radical (unpaired) electrons. The normalized spacial score (nSPS) is 10.8. The van der Waals surface area contributed by atoms with E-state index in [1.54, 1.807) is 6.92 Å². The van der Waals surface area contributed by atoms with Crippen molar-refractivity contribution in [2.75, 3.05) is 0 Å². The van der Waals surface area contributed by atoms with Crippen LogP contribution in [-0.4, -0.2) is 25.4 Å². The van der Waals surface area contributed by atoms with E-state index in [-0.39, 0.29) is 0 Å². The van der Waals surface area contributed by atoms with Gasteiger partial charge in [0, 0.05) is 12.5 Å². The van der Waals surface area contributed by atoms with E-state index < -0.39 is 0 Å². The van der Waals surface area contributed by atoms with Crippen molar-refractivity contribution in [3.05, 3.63) is 42.1 Å². The van der Waals surface area contributed by atoms with Crippen molar-refractivity contribution < 1.29 is 4.42 Å². The first-order valence-corrected chi connectivity index (χ1v) is 6.69. The van der Waals surface area contributed by atoms with Crippen molar-refractivity contribution >= 4 is 11.8 Å². The second-order valence-electron chi connectivity index (χ2n) is 3.84. The van der Waals surface area contributed by atoms with Crippen molar-refractivity contribution in [2.45, 2.75) is 17.8 Å². The average Bonchev–Trinajstić information content (AvgIpc) is 3.06. The molecule has 19 heavy (non-hydrogen) atoms. The lowest BCUT2D eigenvalue weighted by atomic mass is 10.2. The number of thioether (sulfide) groups is 1. The van der Waals surface area contributed by atoms with Gasteiger partial charge >= 0.3 is 0 Å². The number of rotatable bonds is 4. The van der Waals surface area contributed by atoms with E-state index in [0.29, 0.717) is 22.7 Å². The average molecular weight is 273 g/mol. The number of H-pyrrole nitrogens is 1. The molecule has 0 aliphatic heterocycles. The minimum absolute atomic E-state index is 0.562. The molecule has 6 nitrogen and oxygen atoms in total. The third-order valence-corrected chi connectivity index (χ3v) is 3.24. The van der Waals surface area contributed by atoms with E-state index in [0.717, 1.165) is 11.4 Å². The number of benzene rings is 1. The van der Waals surface area contributed by atoms with Gasteiger partial charge in [0.1, 0.15) is 0 Å². The van der Waals surface area contributed by atoms with Crippen molar-refractivity contribution in [3.63, 3.8) is 0 Å². The second kappa shape index (κ2) is 5.23. The minimum Gasteiger partial charge on any atom is -0.425 e. The molecule has 0 spiro atoms. The molecule has 0 aliphatic carbocycles. The number of hydrogen-bond donors (Lipinski definition) is 1. The lowest BCUT2D eigenvalue weighted by Crippen LogP contribution is -1.82. The van der Waals surface area contributed by atoms with Crippen LogP contribution in [0.2, 0.25) is 0 Å². The Morgan fingerprint density at radius 1 is 1.21 bits per heavy atom. The molecule has 96 valence electrons. The zero-order chi connectivity index (χ0) is 13.1. The Hall–Kier alpha value is -2.15. The van der Waals surface area contributed by atoms with Crippen molar-refractivity contribution in [2.24, 2.45) is 0 Å². The summed E-state index contributed by atoms with van der Waals surface area (Å²) in [4.78, 5) is 4.41. The quantitative estimate of drug-likeness (QED) is 0.735. The van der Waals surface area contributed by atoms with Gasteiger partial charge in [-0.3, -0.25) is 5.10 Å². The largest absolute Gasteiger partial charge is 0.425 e. The van der Waals surface area contributed by atoms with Crippen LogP contribution in [0.3, 0.4) is 0 Å². The molecule has 0 bridgehead atoms. The molecule has 0 saturated heterocycles. The van der Waals surface area contributed by atoms with E-state index in [2.05, 4.69) is 25.4 Å². The first kappa shape index (κ1) is 11.9. The van der Waals surface area contributed by atoms with Crippen molar-refractivity contribution in [1.29, 1.82) is 0 Å². The number of aromatic amines is 1. The van der Waals surface area contributed by atoms with Gasteiger partial charge in [0.2, 0.25) is 16.9 Å². The Balaban J connectivity index is 1.68. The number of aromatic nitrogens is 5. The van der Waals surface area contributed by atoms with Crippen LogP contribution >= 0.6 is 11.8 Å². The molecule has 0 atom stereocenters. The van der Waals surface area contributed by atoms with Crippen LogP contribution in [0.1, 0.15) is 11.8 Å². The Morgan fingerprint density at radius 2 is 2.05 bits per heavy atom. The molecule has 0 unspecified atom stereocenters. The molecule has 0 aliphatic rings. The molecule has 2 heterocycles. The van der Waals surface area contributed by atoms with E-state index >= 15 is 0 Å². The van der Waals surface area contributed by atoms with Gasteiger partial charge in [-0.15, -0.1) is 15.3 Å². The third-order valence-electron chi connectivity index (χ3n) is 2.40. The maximum absolute atomic E-state index is 5.29. The summed E-state index contributed by atoms with van der Waals surface area (Å²) >= 11 is 1.45. The first-order chi connectivity index (χ1) is 9.31. The zero-order valence-electron chi connectivity index (χ0n) is 10.2. The highest BCUT2D eigenvalue weighted by Crippen LogP contribution is 2.21. The van der Waals surface area contributed by atoms with Gasteiger partial charge in [0.05, 0.1) is 5.75 Å². The van der Waals surface area contributed by atoms with Gasteiger partial charge in [-0.25, -0.2) is 4.98 Å². The Bertz CT molecular complexity index is 664. The standard InChI is InChI=1S/C12H11N5OS/c1-8-14-15-10(18-8)7-19-12-13-11(16-17-12)9-5-3-2-4-6-9/h2-6H,7H2,1H3,(H,13,16,17). The van der Waals surface area contributed by atoms with Crippen molar-refractivity contribution in [1.82, 2.24) is 25.4 Å². The summed E-state index contributed by atoms with van der Waals surface area (Å²) < 4.78 is 5.29. The van der Waals surface area contributed by atoms with Gasteiger partial charge in [0.25, 0.3) is 0 Å². The van der Waals surface area contributed by atoms with Gasteiger partial charge < -0.3 is 4.42 Å². The second-order valence-corrected chi connectivity index (χ2v) is 4.78. The molecule has 3 aromatic rings. The fraction of sp³-hybridized carbons (Fsp3) is 0.167. The number of hydrogen-bond acceptors (Lipinski definition) is 6. The number of nitrogens with zero attached hydrogens (tertiary/aromatic N) is 4. The molecule has 3 rings (SSSR count). The summed E-state index contributed by atoms with van der Waals surface area (Å²) in [7, 11) is 0. The first-order valence-electron chi connectivity index (χ1n) is 5.71. The highest BCUT2D eigenvalue weighted by atomic mass is 32.2. The van der Waals surface area contributed by atoms with Crippen LogP contribution in [-0.2, 0) is 5.75 Å². The maximum atomic E-state index is 5.29. The van der Waals surface area contributed by atoms with Crippen LogP contribution in [0.15, 0.2) is 39.9 Å². The molecular formula is C12H11N5OS. The Kier molecular flexibility index (Phi) is 3.28. The monoisotopic (exact) mass is 273 g/mol. The van der Waals surface area contributed by atoms with Crippen molar-refractivity contribution in [3.8, 4) is 11.4 Å². The number of aryl methyl sites for hydroxylation is 1. The molecular weight excluding hydrogens is 262 g/mol. The molecule has 0 saturated carbocycles. The fourth-order valence-electron chi connectivity index (χ4n) is 1.56. The Morgan fingerprint density at radius 3 is 2.79 bits per heavy atom. The molecule has 7 heteroatoms. The maximum Gasteiger partial charge on any atom is 0.226 e. The van der Waals surface area contributed by atoms with E-state index in [1.807, 2.05) is 30.3 Å². The predicted octanol–water partition coefficient (Wildman–Crippen LogP) is 2.46. The molecule has 1 aromatic carbocycles.